The minimum absolute atomic E-state index is 0.269. The predicted molar refractivity (Wildman–Crippen MR) is 65.0 cm³/mol. The van der Waals surface area contributed by atoms with Crippen molar-refractivity contribution in [3.05, 3.63) is 10.8 Å². The lowest BCUT2D eigenvalue weighted by Crippen LogP contribution is -2.21. The predicted octanol–water partition coefficient (Wildman–Crippen LogP) is 2.24. The van der Waals surface area contributed by atoms with Crippen LogP contribution >= 0.6 is 15.9 Å². The van der Waals surface area contributed by atoms with Crippen molar-refractivity contribution in [3.63, 3.8) is 0 Å². The number of hydrogen-bond acceptors (Lipinski definition) is 5. The molecule has 1 aromatic rings. The topological polar surface area (TPSA) is 73.1 Å². The van der Waals surface area contributed by atoms with Crippen LogP contribution < -0.4 is 16.0 Å². The van der Waals surface area contributed by atoms with Crippen LogP contribution in [0.15, 0.2) is 10.8 Å². The first-order valence-electron chi connectivity index (χ1n) is 5.45. The van der Waals surface area contributed by atoms with E-state index in [-0.39, 0.29) is 6.10 Å². The van der Waals surface area contributed by atoms with Crippen molar-refractivity contribution in [3.8, 4) is 5.88 Å². The number of aromatic nitrogens is 2. The van der Waals surface area contributed by atoms with Crippen LogP contribution in [-0.4, -0.2) is 16.1 Å². The molecule has 0 bridgehead atoms. The van der Waals surface area contributed by atoms with Gasteiger partial charge in [-0.1, -0.05) is 6.42 Å². The van der Waals surface area contributed by atoms with Gasteiger partial charge in [-0.25, -0.2) is 15.8 Å². The van der Waals surface area contributed by atoms with E-state index in [1.165, 1.54) is 25.6 Å². The monoisotopic (exact) mass is 286 g/mol. The molecule has 1 aromatic heterocycles. The largest absolute Gasteiger partial charge is 0.473 e. The van der Waals surface area contributed by atoms with Gasteiger partial charge in [0.15, 0.2) is 5.82 Å². The van der Waals surface area contributed by atoms with Crippen molar-refractivity contribution in [2.75, 3.05) is 5.43 Å². The Hall–Kier alpha value is -0.880. The first kappa shape index (κ1) is 11.6. The molecule has 1 saturated carbocycles. The summed E-state index contributed by atoms with van der Waals surface area (Å²) in [4.78, 5) is 8.08. The molecule has 0 aliphatic heterocycles. The maximum Gasteiger partial charge on any atom is 0.233 e. The molecule has 16 heavy (non-hydrogen) atoms. The highest BCUT2D eigenvalue weighted by Gasteiger charge is 2.18. The molecule has 0 aromatic carbocycles. The van der Waals surface area contributed by atoms with E-state index in [0.717, 1.165) is 12.8 Å². The minimum Gasteiger partial charge on any atom is -0.473 e. The van der Waals surface area contributed by atoms with Gasteiger partial charge in [0.25, 0.3) is 0 Å². The Morgan fingerprint density at radius 2 is 2.06 bits per heavy atom. The molecule has 6 heteroatoms. The van der Waals surface area contributed by atoms with Gasteiger partial charge in [-0.3, -0.25) is 0 Å². The van der Waals surface area contributed by atoms with Gasteiger partial charge in [-0.2, -0.15) is 0 Å². The lowest BCUT2D eigenvalue weighted by atomic mass is 9.98. The van der Waals surface area contributed by atoms with Crippen LogP contribution in [0.3, 0.4) is 0 Å². The number of nitrogens with one attached hydrogen (secondary N) is 1. The SMILES string of the molecule is NNc1ncnc(OC2CCCCC2)c1Br. The number of rotatable bonds is 3. The second-order valence-corrected chi connectivity index (χ2v) is 4.66. The molecule has 1 aliphatic rings. The van der Waals surface area contributed by atoms with E-state index in [0.29, 0.717) is 16.2 Å². The number of hydrogen-bond donors (Lipinski definition) is 2. The summed E-state index contributed by atoms with van der Waals surface area (Å²) >= 11 is 3.38. The number of nitrogen functional groups attached to an aromatic ring is 1. The zero-order valence-corrected chi connectivity index (χ0v) is 10.5. The van der Waals surface area contributed by atoms with Crippen molar-refractivity contribution in [2.24, 2.45) is 5.84 Å². The molecule has 5 nitrogen and oxygen atoms in total. The summed E-state index contributed by atoms with van der Waals surface area (Å²) < 4.78 is 6.52. The lowest BCUT2D eigenvalue weighted by Gasteiger charge is -2.22. The fraction of sp³-hybridized carbons (Fsp3) is 0.600. The Bertz CT molecular complexity index is 355. The molecule has 88 valence electrons. The van der Waals surface area contributed by atoms with Crippen molar-refractivity contribution < 1.29 is 4.74 Å². The van der Waals surface area contributed by atoms with Gasteiger partial charge in [0.2, 0.25) is 5.88 Å². The van der Waals surface area contributed by atoms with Gasteiger partial charge in [-0.15, -0.1) is 0 Å². The summed E-state index contributed by atoms with van der Waals surface area (Å²) in [6.45, 7) is 0. The van der Waals surface area contributed by atoms with Crippen molar-refractivity contribution in [1.82, 2.24) is 9.97 Å². The molecular weight excluding hydrogens is 272 g/mol. The van der Waals surface area contributed by atoms with Gasteiger partial charge in [-0.05, 0) is 41.6 Å². The fourth-order valence-electron chi connectivity index (χ4n) is 1.88. The summed E-state index contributed by atoms with van der Waals surface area (Å²) in [7, 11) is 0. The molecule has 0 amide bonds. The van der Waals surface area contributed by atoms with Crippen molar-refractivity contribution >= 4 is 21.7 Å². The molecule has 0 spiro atoms. The maximum atomic E-state index is 5.84. The van der Waals surface area contributed by atoms with Crippen LogP contribution in [0.1, 0.15) is 32.1 Å². The first-order valence-corrected chi connectivity index (χ1v) is 6.24. The summed E-state index contributed by atoms with van der Waals surface area (Å²) in [5.74, 6) is 6.43. The second kappa shape index (κ2) is 5.45. The second-order valence-electron chi connectivity index (χ2n) is 3.86. The Kier molecular flexibility index (Phi) is 3.95. The van der Waals surface area contributed by atoms with Crippen LogP contribution in [0.25, 0.3) is 0 Å². The zero-order chi connectivity index (χ0) is 11.4. The molecule has 0 unspecified atom stereocenters. The number of nitrogens with zero attached hydrogens (tertiary/aromatic N) is 2. The van der Waals surface area contributed by atoms with E-state index in [9.17, 15) is 0 Å². The number of anilines is 1. The summed E-state index contributed by atoms with van der Waals surface area (Å²) in [5.41, 5.74) is 2.49. The van der Waals surface area contributed by atoms with Crippen molar-refractivity contribution in [1.29, 1.82) is 0 Å². The van der Waals surface area contributed by atoms with E-state index in [1.807, 2.05) is 0 Å². The summed E-state index contributed by atoms with van der Waals surface area (Å²) in [6.07, 6.45) is 7.68. The molecule has 3 N–H and O–H groups in total. The number of nitrogens with two attached hydrogens (primary N) is 1. The van der Waals surface area contributed by atoms with E-state index < -0.39 is 0 Å². The van der Waals surface area contributed by atoms with Gasteiger partial charge >= 0.3 is 0 Å². The Morgan fingerprint density at radius 1 is 1.31 bits per heavy atom. The molecule has 0 atom stereocenters. The number of ether oxygens (including phenoxy) is 1. The van der Waals surface area contributed by atoms with E-state index in [2.05, 4.69) is 31.3 Å². The number of hydrazine groups is 1. The van der Waals surface area contributed by atoms with Crippen LogP contribution in [0, 0.1) is 0 Å². The third-order valence-electron chi connectivity index (χ3n) is 2.72. The zero-order valence-electron chi connectivity index (χ0n) is 8.95. The molecule has 1 fully saturated rings. The van der Waals surface area contributed by atoms with E-state index in [4.69, 9.17) is 10.6 Å². The Balaban J connectivity index is 2.08. The molecule has 0 radical (unpaired) electrons. The number of halogens is 1. The van der Waals surface area contributed by atoms with Gasteiger partial charge in [0.1, 0.15) is 16.9 Å². The van der Waals surface area contributed by atoms with E-state index in [1.54, 1.807) is 0 Å². The molecule has 0 saturated heterocycles. The summed E-state index contributed by atoms with van der Waals surface area (Å²) in [5, 5.41) is 0. The average Bonchev–Trinajstić information content (AvgIpc) is 2.33. The average molecular weight is 287 g/mol. The molecule has 1 heterocycles. The Morgan fingerprint density at radius 3 is 2.75 bits per heavy atom. The molecule has 1 aliphatic carbocycles. The quantitative estimate of drug-likeness (QED) is 0.659. The minimum atomic E-state index is 0.269. The van der Waals surface area contributed by atoms with Crippen LogP contribution in [0.5, 0.6) is 5.88 Å². The molecular formula is C10H15BrN4O. The third-order valence-corrected chi connectivity index (χ3v) is 3.44. The Labute approximate surface area is 103 Å². The van der Waals surface area contributed by atoms with E-state index >= 15 is 0 Å². The summed E-state index contributed by atoms with van der Waals surface area (Å²) in [6, 6.07) is 0. The van der Waals surface area contributed by atoms with Crippen LogP contribution in [0.4, 0.5) is 5.82 Å². The fourth-order valence-corrected chi connectivity index (χ4v) is 2.29. The first-order chi connectivity index (χ1) is 7.81. The normalized spacial score (nSPS) is 17.1. The maximum absolute atomic E-state index is 5.84. The highest BCUT2D eigenvalue weighted by Crippen LogP contribution is 2.30. The highest BCUT2D eigenvalue weighted by molar-refractivity contribution is 9.10. The highest BCUT2D eigenvalue weighted by atomic mass is 79.9. The third kappa shape index (κ3) is 2.62. The van der Waals surface area contributed by atoms with Gasteiger partial charge in [0.05, 0.1) is 0 Å². The standard InChI is InChI=1S/C10H15BrN4O/c11-8-9(15-12)13-6-14-10(8)16-7-4-2-1-3-5-7/h6-7H,1-5,12H2,(H,13,14,15). The van der Waals surface area contributed by atoms with Crippen molar-refractivity contribution in [2.45, 2.75) is 38.2 Å². The van der Waals surface area contributed by atoms with Gasteiger partial charge < -0.3 is 10.2 Å². The van der Waals surface area contributed by atoms with Crippen LogP contribution in [0.2, 0.25) is 0 Å². The van der Waals surface area contributed by atoms with Crippen LogP contribution in [-0.2, 0) is 0 Å². The van der Waals surface area contributed by atoms with Gasteiger partial charge in [0, 0.05) is 0 Å². The lowest BCUT2D eigenvalue weighted by molar-refractivity contribution is 0.147. The smallest absolute Gasteiger partial charge is 0.233 e. The molecule has 2 rings (SSSR count).